The molecule has 1 aromatic carbocycles. The van der Waals surface area contributed by atoms with Gasteiger partial charge < -0.3 is 14.9 Å². The number of aromatic nitrogens is 1. The molecule has 82 valence electrons. The highest BCUT2D eigenvalue weighted by molar-refractivity contribution is 5.40. The summed E-state index contributed by atoms with van der Waals surface area (Å²) in [5.41, 5.74) is 0.970. The molecule has 0 aliphatic rings. The van der Waals surface area contributed by atoms with Crippen molar-refractivity contribution in [1.29, 1.82) is 0 Å². The van der Waals surface area contributed by atoms with Crippen LogP contribution in [0.5, 0.6) is 17.2 Å². The number of phenolic OH excluding ortho intramolecular Hbond substituents is 2. The molecule has 2 aromatic rings. The average Bonchev–Trinajstić information content (AvgIpc) is 2.27. The first-order valence-corrected chi connectivity index (χ1v) is 4.79. The lowest BCUT2D eigenvalue weighted by Crippen LogP contribution is -1.95. The van der Waals surface area contributed by atoms with E-state index >= 15 is 0 Å². The first-order valence-electron chi connectivity index (χ1n) is 4.79. The van der Waals surface area contributed by atoms with Crippen LogP contribution in [0.15, 0.2) is 42.7 Å². The fourth-order valence-corrected chi connectivity index (χ4v) is 1.30. The van der Waals surface area contributed by atoms with Gasteiger partial charge in [-0.25, -0.2) is 0 Å². The Kier molecular flexibility index (Phi) is 2.91. The lowest BCUT2D eigenvalue weighted by molar-refractivity contribution is 0.302. The number of phenols is 2. The summed E-state index contributed by atoms with van der Waals surface area (Å²) in [6, 6.07) is 7.81. The predicted molar refractivity (Wildman–Crippen MR) is 58.3 cm³/mol. The Morgan fingerprint density at radius 1 is 1.00 bits per heavy atom. The van der Waals surface area contributed by atoms with Crippen LogP contribution in [0.25, 0.3) is 0 Å². The average molecular weight is 217 g/mol. The van der Waals surface area contributed by atoms with Gasteiger partial charge in [0, 0.05) is 30.6 Å². The molecule has 0 saturated heterocycles. The summed E-state index contributed by atoms with van der Waals surface area (Å²) in [5, 5.41) is 18.5. The van der Waals surface area contributed by atoms with E-state index in [-0.39, 0.29) is 11.5 Å². The summed E-state index contributed by atoms with van der Waals surface area (Å²) in [7, 11) is 0. The summed E-state index contributed by atoms with van der Waals surface area (Å²) >= 11 is 0. The van der Waals surface area contributed by atoms with Crippen molar-refractivity contribution in [3.8, 4) is 17.2 Å². The van der Waals surface area contributed by atoms with Gasteiger partial charge in [-0.2, -0.15) is 0 Å². The van der Waals surface area contributed by atoms with Crippen molar-refractivity contribution in [2.24, 2.45) is 0 Å². The van der Waals surface area contributed by atoms with E-state index in [1.54, 1.807) is 12.4 Å². The van der Waals surface area contributed by atoms with E-state index < -0.39 is 0 Å². The molecule has 0 unspecified atom stereocenters. The number of hydrogen-bond donors (Lipinski definition) is 2. The van der Waals surface area contributed by atoms with Crippen molar-refractivity contribution in [2.45, 2.75) is 6.61 Å². The second kappa shape index (κ2) is 4.53. The van der Waals surface area contributed by atoms with E-state index in [1.165, 1.54) is 18.2 Å². The molecule has 0 spiro atoms. The molecule has 1 heterocycles. The number of hydrogen-bond acceptors (Lipinski definition) is 4. The number of rotatable bonds is 3. The van der Waals surface area contributed by atoms with Crippen LogP contribution in [0.4, 0.5) is 0 Å². The standard InChI is InChI=1S/C12H11NO3/c14-10-5-11(15)7-12(6-10)16-8-9-1-3-13-4-2-9/h1-7,14-15H,8H2. The minimum Gasteiger partial charge on any atom is -0.508 e. The zero-order valence-corrected chi connectivity index (χ0v) is 8.50. The first-order chi connectivity index (χ1) is 7.74. The van der Waals surface area contributed by atoms with E-state index in [4.69, 9.17) is 4.74 Å². The summed E-state index contributed by atoms with van der Waals surface area (Å²) in [6.45, 7) is 0.366. The van der Waals surface area contributed by atoms with Gasteiger partial charge in [-0.15, -0.1) is 0 Å². The molecule has 0 bridgehead atoms. The van der Waals surface area contributed by atoms with E-state index in [2.05, 4.69) is 4.98 Å². The van der Waals surface area contributed by atoms with Gasteiger partial charge in [-0.1, -0.05) is 0 Å². The molecule has 16 heavy (non-hydrogen) atoms. The second-order valence-electron chi connectivity index (χ2n) is 3.33. The Labute approximate surface area is 92.8 Å². The fraction of sp³-hybridized carbons (Fsp3) is 0.0833. The third kappa shape index (κ3) is 2.63. The third-order valence-electron chi connectivity index (χ3n) is 2.03. The van der Waals surface area contributed by atoms with E-state index in [9.17, 15) is 10.2 Å². The van der Waals surface area contributed by atoms with Gasteiger partial charge in [0.2, 0.25) is 0 Å². The van der Waals surface area contributed by atoms with E-state index in [1.807, 2.05) is 12.1 Å². The van der Waals surface area contributed by atoms with Crippen molar-refractivity contribution < 1.29 is 14.9 Å². The number of ether oxygens (including phenoxy) is 1. The second-order valence-corrected chi connectivity index (χ2v) is 3.33. The molecule has 2 N–H and O–H groups in total. The first kappa shape index (κ1) is 10.3. The molecular formula is C12H11NO3. The topological polar surface area (TPSA) is 62.6 Å². The minimum absolute atomic E-state index is 0.0234. The van der Waals surface area contributed by atoms with Crippen LogP contribution >= 0.6 is 0 Å². The van der Waals surface area contributed by atoms with Crippen LogP contribution < -0.4 is 4.74 Å². The molecule has 0 aliphatic carbocycles. The summed E-state index contributed by atoms with van der Waals surface area (Å²) in [4.78, 5) is 3.89. The van der Waals surface area contributed by atoms with Gasteiger partial charge in [0.1, 0.15) is 23.9 Å². The number of benzene rings is 1. The highest BCUT2D eigenvalue weighted by atomic mass is 16.5. The molecule has 4 heteroatoms. The Bertz CT molecular complexity index is 451. The molecule has 0 atom stereocenters. The minimum atomic E-state index is -0.0234. The smallest absolute Gasteiger partial charge is 0.127 e. The Hall–Kier alpha value is -2.23. The molecule has 4 nitrogen and oxygen atoms in total. The lowest BCUT2D eigenvalue weighted by Gasteiger charge is -2.06. The van der Waals surface area contributed by atoms with Gasteiger partial charge >= 0.3 is 0 Å². The molecule has 2 rings (SSSR count). The molecule has 1 aromatic heterocycles. The normalized spacial score (nSPS) is 10.0. The Balaban J connectivity index is 2.05. The van der Waals surface area contributed by atoms with E-state index in [0.717, 1.165) is 5.56 Å². The molecule has 0 aliphatic heterocycles. The fourth-order valence-electron chi connectivity index (χ4n) is 1.30. The quantitative estimate of drug-likeness (QED) is 0.826. The van der Waals surface area contributed by atoms with Crippen LogP contribution in [0.1, 0.15) is 5.56 Å². The monoisotopic (exact) mass is 217 g/mol. The third-order valence-corrected chi connectivity index (χ3v) is 2.03. The zero-order valence-electron chi connectivity index (χ0n) is 8.50. The van der Waals surface area contributed by atoms with Crippen LogP contribution in [-0.4, -0.2) is 15.2 Å². The van der Waals surface area contributed by atoms with E-state index in [0.29, 0.717) is 12.4 Å². The van der Waals surface area contributed by atoms with Crippen molar-refractivity contribution in [1.82, 2.24) is 4.98 Å². The highest BCUT2D eigenvalue weighted by Crippen LogP contribution is 2.26. The summed E-state index contributed by atoms with van der Waals surface area (Å²) in [6.07, 6.45) is 3.36. The number of pyridine rings is 1. The van der Waals surface area contributed by atoms with Gasteiger partial charge in [-0.05, 0) is 17.7 Å². The summed E-state index contributed by atoms with van der Waals surface area (Å²) < 4.78 is 5.41. The SMILES string of the molecule is Oc1cc(O)cc(OCc2ccncc2)c1. The van der Waals surface area contributed by atoms with Gasteiger partial charge in [-0.3, -0.25) is 4.98 Å². The number of aromatic hydroxyl groups is 2. The van der Waals surface area contributed by atoms with Gasteiger partial charge in [0.25, 0.3) is 0 Å². The van der Waals surface area contributed by atoms with Gasteiger partial charge in [0.15, 0.2) is 0 Å². The van der Waals surface area contributed by atoms with Crippen molar-refractivity contribution in [3.63, 3.8) is 0 Å². The zero-order chi connectivity index (χ0) is 11.4. The summed E-state index contributed by atoms with van der Waals surface area (Å²) in [5.74, 6) is 0.378. The highest BCUT2D eigenvalue weighted by Gasteiger charge is 2.00. The van der Waals surface area contributed by atoms with Crippen molar-refractivity contribution in [2.75, 3.05) is 0 Å². The predicted octanol–water partition coefficient (Wildman–Crippen LogP) is 2.07. The molecular weight excluding hydrogens is 206 g/mol. The van der Waals surface area contributed by atoms with Crippen LogP contribution in [0, 0.1) is 0 Å². The maximum atomic E-state index is 9.24. The maximum Gasteiger partial charge on any atom is 0.127 e. The van der Waals surface area contributed by atoms with Crippen molar-refractivity contribution >= 4 is 0 Å². The molecule has 0 radical (unpaired) electrons. The van der Waals surface area contributed by atoms with Gasteiger partial charge in [0.05, 0.1) is 0 Å². The number of nitrogens with zero attached hydrogens (tertiary/aromatic N) is 1. The Morgan fingerprint density at radius 3 is 2.25 bits per heavy atom. The maximum absolute atomic E-state index is 9.24. The molecule has 0 saturated carbocycles. The largest absolute Gasteiger partial charge is 0.508 e. The van der Waals surface area contributed by atoms with Crippen LogP contribution in [0.2, 0.25) is 0 Å². The lowest BCUT2D eigenvalue weighted by atomic mass is 10.3. The molecule has 0 fully saturated rings. The van der Waals surface area contributed by atoms with Crippen LogP contribution in [0.3, 0.4) is 0 Å². The molecule has 0 amide bonds. The van der Waals surface area contributed by atoms with Crippen molar-refractivity contribution in [3.05, 3.63) is 48.3 Å². The Morgan fingerprint density at radius 2 is 1.62 bits per heavy atom. The van der Waals surface area contributed by atoms with Crippen LogP contribution in [-0.2, 0) is 6.61 Å².